The molecule has 0 heterocycles. The van der Waals surface area contributed by atoms with Crippen LogP contribution >= 0.6 is 0 Å². The van der Waals surface area contributed by atoms with E-state index >= 15 is 0 Å². The van der Waals surface area contributed by atoms with Crippen molar-refractivity contribution in [3.63, 3.8) is 0 Å². The molecule has 2 amide bonds. The predicted octanol–water partition coefficient (Wildman–Crippen LogP) is 2.03. The van der Waals surface area contributed by atoms with Crippen LogP contribution in [0.15, 0.2) is 24.3 Å². The van der Waals surface area contributed by atoms with Gasteiger partial charge in [-0.3, -0.25) is 0 Å². The number of urea groups is 1. The van der Waals surface area contributed by atoms with Crippen molar-refractivity contribution in [2.75, 3.05) is 6.61 Å². The molecule has 1 aromatic rings. The maximum Gasteiger partial charge on any atom is 0.315 e. The summed E-state index contributed by atoms with van der Waals surface area (Å²) in [5, 5.41) is 24.1. The van der Waals surface area contributed by atoms with E-state index < -0.39 is 0 Å². The first-order valence-electron chi connectivity index (χ1n) is 7.36. The molecule has 4 N–H and O–H groups in total. The number of nitrogens with one attached hydrogen (secondary N) is 2. The van der Waals surface area contributed by atoms with Gasteiger partial charge in [-0.2, -0.15) is 0 Å². The van der Waals surface area contributed by atoms with Gasteiger partial charge in [0.15, 0.2) is 0 Å². The van der Waals surface area contributed by atoms with E-state index in [1.165, 1.54) is 0 Å². The number of hydrogen-bond acceptors (Lipinski definition) is 3. The fraction of sp³-hybridized carbons (Fsp3) is 0.562. The molecule has 2 atom stereocenters. The van der Waals surface area contributed by atoms with Crippen LogP contribution in [0.1, 0.15) is 32.8 Å². The highest BCUT2D eigenvalue weighted by molar-refractivity contribution is 5.74. The highest BCUT2D eigenvalue weighted by Crippen LogP contribution is 2.11. The summed E-state index contributed by atoms with van der Waals surface area (Å²) in [4.78, 5) is 11.9. The van der Waals surface area contributed by atoms with Crippen LogP contribution in [0.2, 0.25) is 0 Å². The molecule has 2 unspecified atom stereocenters. The first kappa shape index (κ1) is 17.3. The lowest BCUT2D eigenvalue weighted by Crippen LogP contribution is -2.47. The first-order valence-corrected chi connectivity index (χ1v) is 7.36. The lowest BCUT2D eigenvalue weighted by molar-refractivity contribution is 0.205. The van der Waals surface area contributed by atoms with Crippen molar-refractivity contribution in [3.8, 4) is 5.75 Å². The number of benzene rings is 1. The van der Waals surface area contributed by atoms with Gasteiger partial charge in [0, 0.05) is 6.04 Å². The molecular weight excluding hydrogens is 268 g/mol. The van der Waals surface area contributed by atoms with E-state index in [0.29, 0.717) is 12.3 Å². The molecule has 0 aromatic heterocycles. The summed E-state index contributed by atoms with van der Waals surface area (Å²) < 4.78 is 0. The minimum Gasteiger partial charge on any atom is -0.508 e. The second-order valence-electron chi connectivity index (χ2n) is 5.90. The third-order valence-electron chi connectivity index (χ3n) is 3.17. The minimum absolute atomic E-state index is 0.0343. The van der Waals surface area contributed by atoms with Gasteiger partial charge in [0.1, 0.15) is 5.75 Å². The van der Waals surface area contributed by atoms with Crippen molar-refractivity contribution in [1.29, 1.82) is 0 Å². The normalized spacial score (nSPS) is 13.8. The predicted molar refractivity (Wildman–Crippen MR) is 83.3 cm³/mol. The fourth-order valence-electron chi connectivity index (χ4n) is 2.24. The van der Waals surface area contributed by atoms with Gasteiger partial charge in [-0.25, -0.2) is 4.79 Å². The number of aromatic hydroxyl groups is 1. The zero-order valence-electron chi connectivity index (χ0n) is 13.0. The summed E-state index contributed by atoms with van der Waals surface area (Å²) in [6.45, 7) is 5.96. The topological polar surface area (TPSA) is 81.6 Å². The lowest BCUT2D eigenvalue weighted by Gasteiger charge is -2.21. The van der Waals surface area contributed by atoms with Crippen molar-refractivity contribution in [2.24, 2.45) is 5.92 Å². The molecule has 1 aromatic carbocycles. The Bertz CT molecular complexity index is 432. The highest BCUT2D eigenvalue weighted by Gasteiger charge is 2.14. The van der Waals surface area contributed by atoms with Crippen LogP contribution in [0.4, 0.5) is 4.79 Å². The third-order valence-corrected chi connectivity index (χ3v) is 3.17. The third kappa shape index (κ3) is 6.99. The van der Waals surface area contributed by atoms with E-state index in [2.05, 4.69) is 24.5 Å². The number of carbonyl (C=O) groups is 1. The molecule has 0 radical (unpaired) electrons. The van der Waals surface area contributed by atoms with E-state index in [1.807, 2.05) is 19.1 Å². The molecule has 118 valence electrons. The number of aliphatic hydroxyl groups is 1. The molecule has 0 fully saturated rings. The van der Waals surface area contributed by atoms with Crippen molar-refractivity contribution in [3.05, 3.63) is 29.8 Å². The zero-order valence-corrected chi connectivity index (χ0v) is 13.0. The number of phenols is 1. The first-order chi connectivity index (χ1) is 9.90. The van der Waals surface area contributed by atoms with Crippen LogP contribution in [0.25, 0.3) is 0 Å². The second kappa shape index (κ2) is 8.52. The Hall–Kier alpha value is -1.75. The molecule has 0 bridgehead atoms. The van der Waals surface area contributed by atoms with Gasteiger partial charge in [-0.15, -0.1) is 0 Å². The van der Waals surface area contributed by atoms with E-state index in [1.54, 1.807) is 12.1 Å². The number of amides is 2. The van der Waals surface area contributed by atoms with E-state index in [9.17, 15) is 15.0 Å². The summed E-state index contributed by atoms with van der Waals surface area (Å²) >= 11 is 0. The largest absolute Gasteiger partial charge is 0.508 e. The van der Waals surface area contributed by atoms with Gasteiger partial charge < -0.3 is 20.8 Å². The molecule has 5 nitrogen and oxygen atoms in total. The second-order valence-corrected chi connectivity index (χ2v) is 5.90. The summed E-state index contributed by atoms with van der Waals surface area (Å²) in [6, 6.07) is 6.42. The smallest absolute Gasteiger partial charge is 0.315 e. The Balaban J connectivity index is 2.40. The average Bonchev–Trinajstić information content (AvgIpc) is 2.39. The summed E-state index contributed by atoms with van der Waals surface area (Å²) in [5.74, 6) is 0.647. The van der Waals surface area contributed by atoms with Gasteiger partial charge in [0.2, 0.25) is 0 Å². The highest BCUT2D eigenvalue weighted by atomic mass is 16.3. The summed E-state index contributed by atoms with van der Waals surface area (Å²) in [6.07, 6.45) is 1.43. The van der Waals surface area contributed by atoms with Gasteiger partial charge in [-0.05, 0) is 43.4 Å². The Morgan fingerprint density at radius 3 is 2.29 bits per heavy atom. The van der Waals surface area contributed by atoms with Gasteiger partial charge in [-0.1, -0.05) is 26.0 Å². The average molecular weight is 294 g/mol. The molecule has 5 heteroatoms. The van der Waals surface area contributed by atoms with E-state index in [0.717, 1.165) is 12.0 Å². The number of hydrogen-bond donors (Lipinski definition) is 4. The fourth-order valence-corrected chi connectivity index (χ4v) is 2.24. The van der Waals surface area contributed by atoms with E-state index in [4.69, 9.17) is 0 Å². The molecule has 0 aliphatic carbocycles. The molecule has 0 saturated carbocycles. The quantitative estimate of drug-likeness (QED) is 0.621. The molecule has 21 heavy (non-hydrogen) atoms. The number of carbonyl (C=O) groups excluding carboxylic acids is 1. The van der Waals surface area contributed by atoms with Crippen LogP contribution in [0, 0.1) is 5.92 Å². The molecule has 0 saturated heterocycles. The monoisotopic (exact) mass is 294 g/mol. The maximum absolute atomic E-state index is 11.9. The summed E-state index contributed by atoms with van der Waals surface area (Å²) in [7, 11) is 0. The van der Waals surface area contributed by atoms with Crippen LogP contribution in [-0.4, -0.2) is 34.9 Å². The van der Waals surface area contributed by atoms with Crippen molar-refractivity contribution >= 4 is 6.03 Å². The molecule has 0 spiro atoms. The van der Waals surface area contributed by atoms with Crippen LogP contribution < -0.4 is 10.6 Å². The Labute approximate surface area is 126 Å². The molecule has 0 aliphatic heterocycles. The number of aliphatic hydroxyl groups excluding tert-OH is 1. The minimum atomic E-state index is -0.263. The van der Waals surface area contributed by atoms with Gasteiger partial charge in [0.25, 0.3) is 0 Å². The van der Waals surface area contributed by atoms with Gasteiger partial charge >= 0.3 is 6.03 Å². The number of rotatable bonds is 7. The Morgan fingerprint density at radius 2 is 1.76 bits per heavy atom. The molecular formula is C16H26N2O3. The van der Waals surface area contributed by atoms with Crippen LogP contribution in [0.5, 0.6) is 5.75 Å². The zero-order chi connectivity index (χ0) is 15.8. The SMILES string of the molecule is CC(C)CC(CO)NC(=O)NC(C)Cc1ccc(O)cc1. The Morgan fingerprint density at radius 1 is 1.14 bits per heavy atom. The van der Waals surface area contributed by atoms with Gasteiger partial charge in [0.05, 0.1) is 12.6 Å². The standard InChI is InChI=1S/C16H26N2O3/c1-11(2)8-14(10-19)18-16(21)17-12(3)9-13-4-6-15(20)7-5-13/h4-7,11-12,14,19-20H,8-10H2,1-3H3,(H2,17,18,21). The van der Waals surface area contributed by atoms with Crippen molar-refractivity contribution in [2.45, 2.75) is 45.7 Å². The van der Waals surface area contributed by atoms with Crippen LogP contribution in [-0.2, 0) is 6.42 Å². The number of phenolic OH excluding ortho intramolecular Hbond substituents is 1. The van der Waals surface area contributed by atoms with E-state index in [-0.39, 0.29) is 30.5 Å². The van der Waals surface area contributed by atoms with Crippen molar-refractivity contribution in [1.82, 2.24) is 10.6 Å². The summed E-state index contributed by atoms with van der Waals surface area (Å²) in [5.41, 5.74) is 1.04. The van der Waals surface area contributed by atoms with Crippen molar-refractivity contribution < 1.29 is 15.0 Å². The Kier molecular flexibility index (Phi) is 7.02. The molecule has 1 rings (SSSR count). The molecule has 0 aliphatic rings. The maximum atomic E-state index is 11.9. The lowest BCUT2D eigenvalue weighted by atomic mass is 10.0. The van der Waals surface area contributed by atoms with Crippen LogP contribution in [0.3, 0.4) is 0 Å².